The first-order chi connectivity index (χ1) is 9.32. The molecule has 0 bridgehead atoms. The molecule has 0 aliphatic heterocycles. The van der Waals surface area contributed by atoms with E-state index in [-0.39, 0.29) is 11.2 Å². The molecule has 0 amide bonds. The van der Waals surface area contributed by atoms with Gasteiger partial charge in [0.2, 0.25) is 0 Å². The summed E-state index contributed by atoms with van der Waals surface area (Å²) in [5, 5.41) is 13.1. The summed E-state index contributed by atoms with van der Waals surface area (Å²) in [6.45, 7) is 6.17. The van der Waals surface area contributed by atoms with Gasteiger partial charge in [0.25, 0.3) is 0 Å². The van der Waals surface area contributed by atoms with Crippen LogP contribution < -0.4 is 5.69 Å². The third-order valence-corrected chi connectivity index (χ3v) is 3.66. The lowest BCUT2D eigenvalue weighted by Crippen LogP contribution is -2.35. The Labute approximate surface area is 125 Å². The summed E-state index contributed by atoms with van der Waals surface area (Å²) >= 11 is 3.44. The second kappa shape index (κ2) is 5.25. The minimum Gasteiger partial charge on any atom is -0.277 e. The molecule has 0 unspecified atom stereocenters. The first kappa shape index (κ1) is 14.5. The van der Waals surface area contributed by atoms with Crippen LogP contribution in [0.25, 0.3) is 0 Å². The van der Waals surface area contributed by atoms with Gasteiger partial charge < -0.3 is 0 Å². The lowest BCUT2D eigenvalue weighted by Gasteiger charge is -2.16. The highest BCUT2D eigenvalue weighted by molar-refractivity contribution is 9.10. The third-order valence-electron chi connectivity index (χ3n) is 2.88. The molecule has 0 atom stereocenters. The number of aromatic nitrogens is 3. The normalized spacial score (nSPS) is 11.3. The van der Waals surface area contributed by atoms with E-state index in [4.69, 9.17) is 5.26 Å². The van der Waals surface area contributed by atoms with E-state index in [0.29, 0.717) is 12.1 Å². The van der Waals surface area contributed by atoms with Gasteiger partial charge in [-0.15, -0.1) is 0 Å². The Bertz CT molecular complexity index is 731. The van der Waals surface area contributed by atoms with Crippen LogP contribution in [0.15, 0.2) is 33.8 Å². The highest BCUT2D eigenvalue weighted by Crippen LogP contribution is 2.19. The van der Waals surface area contributed by atoms with Crippen molar-refractivity contribution < 1.29 is 0 Å². The van der Waals surface area contributed by atoms with Crippen LogP contribution >= 0.6 is 15.9 Å². The molecule has 1 aromatic heterocycles. The zero-order valence-electron chi connectivity index (χ0n) is 11.6. The molecule has 0 fully saturated rings. The fourth-order valence-electron chi connectivity index (χ4n) is 1.85. The molecule has 0 saturated carbocycles. The highest BCUT2D eigenvalue weighted by atomic mass is 79.9. The van der Waals surface area contributed by atoms with Gasteiger partial charge in [-0.05, 0) is 44.5 Å². The quantitative estimate of drug-likeness (QED) is 0.847. The van der Waals surface area contributed by atoms with E-state index in [2.05, 4.69) is 27.1 Å². The average molecular weight is 335 g/mol. The van der Waals surface area contributed by atoms with Crippen molar-refractivity contribution in [3.63, 3.8) is 0 Å². The minimum atomic E-state index is -0.353. The van der Waals surface area contributed by atoms with Crippen molar-refractivity contribution in [2.75, 3.05) is 0 Å². The van der Waals surface area contributed by atoms with Crippen molar-refractivity contribution in [1.29, 1.82) is 5.26 Å². The molecular formula is C14H15BrN4O. The van der Waals surface area contributed by atoms with Gasteiger partial charge in [-0.3, -0.25) is 4.57 Å². The average Bonchev–Trinajstić information content (AvgIpc) is 2.73. The molecule has 1 aromatic carbocycles. The van der Waals surface area contributed by atoms with Crippen molar-refractivity contribution >= 4 is 15.9 Å². The Morgan fingerprint density at radius 1 is 1.40 bits per heavy atom. The monoisotopic (exact) mass is 334 g/mol. The number of nitrogens with zero attached hydrogens (tertiary/aromatic N) is 4. The molecule has 1 heterocycles. The zero-order chi connectivity index (χ0) is 14.9. The first-order valence-corrected chi connectivity index (χ1v) is 6.95. The van der Waals surface area contributed by atoms with E-state index < -0.39 is 0 Å². The lowest BCUT2D eigenvalue weighted by atomic mass is 10.1. The Kier molecular flexibility index (Phi) is 3.82. The third kappa shape index (κ3) is 2.83. The van der Waals surface area contributed by atoms with Gasteiger partial charge in [-0.1, -0.05) is 15.9 Å². The van der Waals surface area contributed by atoms with Crippen LogP contribution in [0.1, 0.15) is 31.9 Å². The van der Waals surface area contributed by atoms with Crippen molar-refractivity contribution in [3.8, 4) is 6.07 Å². The van der Waals surface area contributed by atoms with Crippen LogP contribution in [0, 0.1) is 11.3 Å². The predicted octanol–water partition coefficient (Wildman–Crippen LogP) is 2.48. The lowest BCUT2D eigenvalue weighted by molar-refractivity contribution is 0.340. The molecule has 20 heavy (non-hydrogen) atoms. The van der Waals surface area contributed by atoms with E-state index in [1.54, 1.807) is 12.1 Å². The fourth-order valence-corrected chi connectivity index (χ4v) is 2.22. The molecule has 0 radical (unpaired) electrons. The highest BCUT2D eigenvalue weighted by Gasteiger charge is 2.18. The molecule has 0 N–H and O–H groups in total. The number of benzene rings is 1. The predicted molar refractivity (Wildman–Crippen MR) is 79.4 cm³/mol. The first-order valence-electron chi connectivity index (χ1n) is 6.16. The standard InChI is InChI=1S/C14H15BrN4O/c1-14(2,3)19-13(20)18(9-17-19)8-11-6-10(7-16)4-5-12(11)15/h4-6,9H,8H2,1-3H3. The Morgan fingerprint density at radius 3 is 2.65 bits per heavy atom. The van der Waals surface area contributed by atoms with Crippen molar-refractivity contribution in [1.82, 2.24) is 14.3 Å². The van der Waals surface area contributed by atoms with E-state index in [1.165, 1.54) is 15.6 Å². The second-order valence-electron chi connectivity index (χ2n) is 5.54. The smallest absolute Gasteiger partial charge is 0.277 e. The molecule has 6 heteroatoms. The van der Waals surface area contributed by atoms with Gasteiger partial charge in [-0.25, -0.2) is 9.48 Å². The minimum absolute atomic E-state index is 0.160. The van der Waals surface area contributed by atoms with Crippen molar-refractivity contribution in [3.05, 3.63) is 50.6 Å². The van der Waals surface area contributed by atoms with Crippen molar-refractivity contribution in [2.24, 2.45) is 0 Å². The summed E-state index contributed by atoms with van der Waals surface area (Å²) in [6, 6.07) is 7.41. The molecule has 5 nitrogen and oxygen atoms in total. The maximum Gasteiger partial charge on any atom is 0.346 e. The maximum absolute atomic E-state index is 12.3. The Morgan fingerprint density at radius 2 is 2.10 bits per heavy atom. The van der Waals surface area contributed by atoms with E-state index >= 15 is 0 Å². The van der Waals surface area contributed by atoms with Crippen LogP contribution in [0.2, 0.25) is 0 Å². The van der Waals surface area contributed by atoms with Crippen LogP contribution in [0.3, 0.4) is 0 Å². The van der Waals surface area contributed by atoms with Gasteiger partial charge in [0.15, 0.2) is 0 Å². The second-order valence-corrected chi connectivity index (χ2v) is 6.40. The summed E-state index contributed by atoms with van der Waals surface area (Å²) in [5.74, 6) is 0. The zero-order valence-corrected chi connectivity index (χ0v) is 13.2. The van der Waals surface area contributed by atoms with Gasteiger partial charge in [0, 0.05) is 4.47 Å². The van der Waals surface area contributed by atoms with Crippen LogP contribution in [-0.2, 0) is 12.1 Å². The molecule has 2 aromatic rings. The summed E-state index contributed by atoms with van der Waals surface area (Å²) in [4.78, 5) is 12.3. The molecule has 0 spiro atoms. The Balaban J connectivity index is 2.40. The maximum atomic E-state index is 12.3. The van der Waals surface area contributed by atoms with Gasteiger partial charge >= 0.3 is 5.69 Å². The van der Waals surface area contributed by atoms with Gasteiger partial charge in [0.05, 0.1) is 23.7 Å². The number of nitriles is 1. The molecular weight excluding hydrogens is 320 g/mol. The number of halogens is 1. The van der Waals surface area contributed by atoms with Crippen LogP contribution in [-0.4, -0.2) is 14.3 Å². The Hall–Kier alpha value is -1.87. The number of rotatable bonds is 2. The molecule has 0 saturated heterocycles. The summed E-state index contributed by atoms with van der Waals surface area (Å²) in [7, 11) is 0. The number of hydrogen-bond donors (Lipinski definition) is 0. The van der Waals surface area contributed by atoms with E-state index in [9.17, 15) is 4.79 Å². The largest absolute Gasteiger partial charge is 0.346 e. The summed E-state index contributed by atoms with van der Waals surface area (Å²) < 4.78 is 3.86. The van der Waals surface area contributed by atoms with Gasteiger partial charge in [-0.2, -0.15) is 10.4 Å². The van der Waals surface area contributed by atoms with Crippen LogP contribution in [0.5, 0.6) is 0 Å². The molecule has 0 aliphatic rings. The van der Waals surface area contributed by atoms with E-state index in [1.807, 2.05) is 26.8 Å². The fraction of sp³-hybridized carbons (Fsp3) is 0.357. The van der Waals surface area contributed by atoms with E-state index in [0.717, 1.165) is 10.0 Å². The summed E-state index contributed by atoms with van der Waals surface area (Å²) in [6.07, 6.45) is 1.53. The number of hydrogen-bond acceptors (Lipinski definition) is 3. The topological polar surface area (TPSA) is 63.6 Å². The SMILES string of the molecule is CC(C)(C)n1ncn(Cc2cc(C#N)ccc2Br)c1=O. The summed E-state index contributed by atoms with van der Waals surface area (Å²) in [5.41, 5.74) is 0.930. The molecule has 104 valence electrons. The molecule has 2 rings (SSSR count). The molecule has 0 aliphatic carbocycles. The van der Waals surface area contributed by atoms with Gasteiger partial charge in [0.1, 0.15) is 6.33 Å². The van der Waals surface area contributed by atoms with Crippen molar-refractivity contribution in [2.45, 2.75) is 32.9 Å². The van der Waals surface area contributed by atoms with Crippen LogP contribution in [0.4, 0.5) is 0 Å².